The van der Waals surface area contributed by atoms with Gasteiger partial charge in [-0.1, -0.05) is 29.8 Å². The highest BCUT2D eigenvalue weighted by atomic mass is 35.5. The van der Waals surface area contributed by atoms with Gasteiger partial charge in [0.1, 0.15) is 5.15 Å². The van der Waals surface area contributed by atoms with Crippen molar-refractivity contribution < 1.29 is 14.3 Å². The van der Waals surface area contributed by atoms with Crippen LogP contribution < -0.4 is 5.32 Å². The molecule has 1 saturated heterocycles. The van der Waals surface area contributed by atoms with Gasteiger partial charge in [-0.15, -0.1) is 0 Å². The van der Waals surface area contributed by atoms with Gasteiger partial charge in [0, 0.05) is 31.4 Å². The van der Waals surface area contributed by atoms with Gasteiger partial charge >= 0.3 is 0 Å². The molecule has 2 heterocycles. The minimum Gasteiger partial charge on any atom is -0.379 e. The van der Waals surface area contributed by atoms with Crippen LogP contribution in [-0.2, 0) is 14.3 Å². The second-order valence-electron chi connectivity index (χ2n) is 6.73. The predicted octanol–water partition coefficient (Wildman–Crippen LogP) is 3.55. The quantitative estimate of drug-likeness (QED) is 0.513. The molecule has 1 aliphatic rings. The lowest BCUT2D eigenvalue weighted by molar-refractivity contribution is -0.116. The molecular formula is C21H26ClN3O3. The minimum atomic E-state index is -0.165. The van der Waals surface area contributed by atoms with Gasteiger partial charge in [0.25, 0.3) is 0 Å². The highest BCUT2D eigenvalue weighted by molar-refractivity contribution is 6.31. The van der Waals surface area contributed by atoms with E-state index < -0.39 is 0 Å². The summed E-state index contributed by atoms with van der Waals surface area (Å²) in [6.45, 7) is 4.51. The fourth-order valence-electron chi connectivity index (χ4n) is 3.04. The Morgan fingerprint density at radius 1 is 1.43 bits per heavy atom. The van der Waals surface area contributed by atoms with Crippen LogP contribution in [0.4, 0.5) is 0 Å². The molecule has 7 heteroatoms. The molecule has 0 aliphatic carbocycles. The summed E-state index contributed by atoms with van der Waals surface area (Å²) >= 11 is 6.45. The fourth-order valence-corrected chi connectivity index (χ4v) is 3.37. The number of rotatable bonds is 9. The maximum atomic E-state index is 12.0. The van der Waals surface area contributed by atoms with E-state index >= 15 is 0 Å². The van der Waals surface area contributed by atoms with Gasteiger partial charge in [-0.2, -0.15) is 5.10 Å². The molecule has 6 nitrogen and oxygen atoms in total. The molecule has 1 unspecified atom stereocenters. The van der Waals surface area contributed by atoms with E-state index in [4.69, 9.17) is 21.1 Å². The van der Waals surface area contributed by atoms with Crippen molar-refractivity contribution in [1.29, 1.82) is 0 Å². The number of hydrogen-bond acceptors (Lipinski definition) is 4. The van der Waals surface area contributed by atoms with E-state index in [9.17, 15) is 4.79 Å². The maximum absolute atomic E-state index is 12.0. The zero-order valence-corrected chi connectivity index (χ0v) is 16.8. The normalized spacial score (nSPS) is 16.7. The number of nitrogens with zero attached hydrogens (tertiary/aromatic N) is 2. The Hall–Kier alpha value is -2.15. The summed E-state index contributed by atoms with van der Waals surface area (Å²) in [5.41, 5.74) is 2.38. The highest BCUT2D eigenvalue weighted by Crippen LogP contribution is 2.24. The standard InChI is InChI=1S/C21H26ClN3O3/c1-16-19(21(22)25(24-16)17-7-3-2-4-8-17)10-11-20(26)23-12-6-13-27-15-18-9-5-14-28-18/h2-4,7-8,10-11,18H,5-6,9,12-15H2,1H3,(H,23,26). The fraction of sp³-hybridized carbons (Fsp3) is 0.429. The molecular weight excluding hydrogens is 378 g/mol. The van der Waals surface area contributed by atoms with Gasteiger partial charge in [0.15, 0.2) is 0 Å². The van der Waals surface area contributed by atoms with Crippen LogP contribution in [0.25, 0.3) is 11.8 Å². The number of para-hydroxylation sites is 1. The van der Waals surface area contributed by atoms with Crippen LogP contribution in [0.5, 0.6) is 0 Å². The van der Waals surface area contributed by atoms with Crippen LogP contribution in [0.15, 0.2) is 36.4 Å². The molecule has 0 radical (unpaired) electrons. The topological polar surface area (TPSA) is 65.4 Å². The summed E-state index contributed by atoms with van der Waals surface area (Å²) in [5, 5.41) is 7.80. The van der Waals surface area contributed by atoms with Crippen LogP contribution in [0, 0.1) is 6.92 Å². The molecule has 1 aromatic heterocycles. The lowest BCUT2D eigenvalue weighted by Gasteiger charge is -2.09. The Labute approximate surface area is 170 Å². The van der Waals surface area contributed by atoms with Gasteiger partial charge in [-0.05, 0) is 44.4 Å². The lowest BCUT2D eigenvalue weighted by Crippen LogP contribution is -2.23. The van der Waals surface area contributed by atoms with E-state index in [1.165, 1.54) is 6.08 Å². The van der Waals surface area contributed by atoms with Gasteiger partial charge in [-0.3, -0.25) is 4.79 Å². The molecule has 3 rings (SSSR count). The number of carbonyl (C=O) groups excluding carboxylic acids is 1. The van der Waals surface area contributed by atoms with Crippen LogP contribution >= 0.6 is 11.6 Å². The second-order valence-corrected chi connectivity index (χ2v) is 7.08. The predicted molar refractivity (Wildman–Crippen MR) is 110 cm³/mol. The first-order chi connectivity index (χ1) is 13.6. The van der Waals surface area contributed by atoms with E-state index in [2.05, 4.69) is 10.4 Å². The molecule has 1 aliphatic heterocycles. The van der Waals surface area contributed by atoms with E-state index in [0.29, 0.717) is 24.9 Å². The molecule has 1 atom stereocenters. The second kappa shape index (κ2) is 10.4. The van der Waals surface area contributed by atoms with Crippen LogP contribution in [0.1, 0.15) is 30.5 Å². The van der Waals surface area contributed by atoms with Crippen LogP contribution in [0.2, 0.25) is 5.15 Å². The number of hydrogen-bond donors (Lipinski definition) is 1. The van der Waals surface area contributed by atoms with Crippen molar-refractivity contribution in [3.63, 3.8) is 0 Å². The van der Waals surface area contributed by atoms with E-state index in [1.54, 1.807) is 10.8 Å². The smallest absolute Gasteiger partial charge is 0.244 e. The molecule has 2 aromatic rings. The molecule has 1 aromatic carbocycles. The molecule has 0 saturated carbocycles. The van der Waals surface area contributed by atoms with Crippen molar-refractivity contribution >= 4 is 23.6 Å². The van der Waals surface area contributed by atoms with Crippen LogP contribution in [-0.4, -0.2) is 48.2 Å². The average Bonchev–Trinajstić information content (AvgIpc) is 3.32. The van der Waals surface area contributed by atoms with Crippen LogP contribution in [0.3, 0.4) is 0 Å². The molecule has 1 N–H and O–H groups in total. The molecule has 150 valence electrons. The van der Waals surface area contributed by atoms with Crippen molar-refractivity contribution in [3.8, 4) is 5.69 Å². The Morgan fingerprint density at radius 2 is 2.25 bits per heavy atom. The first-order valence-electron chi connectivity index (χ1n) is 9.61. The Morgan fingerprint density at radius 3 is 3.00 bits per heavy atom. The summed E-state index contributed by atoms with van der Waals surface area (Å²) in [5.74, 6) is -0.165. The van der Waals surface area contributed by atoms with E-state index in [0.717, 1.165) is 42.8 Å². The van der Waals surface area contributed by atoms with Crippen molar-refractivity contribution in [1.82, 2.24) is 15.1 Å². The number of amides is 1. The lowest BCUT2D eigenvalue weighted by atomic mass is 10.2. The monoisotopic (exact) mass is 403 g/mol. The number of ether oxygens (including phenoxy) is 2. The van der Waals surface area contributed by atoms with Crippen molar-refractivity contribution in [2.45, 2.75) is 32.3 Å². The Kier molecular flexibility index (Phi) is 7.65. The summed E-state index contributed by atoms with van der Waals surface area (Å²) in [6.07, 6.45) is 6.38. The van der Waals surface area contributed by atoms with Crippen molar-refractivity contribution in [2.75, 3.05) is 26.4 Å². The zero-order valence-electron chi connectivity index (χ0n) is 16.1. The molecule has 1 amide bonds. The van der Waals surface area contributed by atoms with Gasteiger partial charge in [-0.25, -0.2) is 4.68 Å². The van der Waals surface area contributed by atoms with Gasteiger partial charge in [0.2, 0.25) is 5.91 Å². The molecule has 0 spiro atoms. The molecule has 28 heavy (non-hydrogen) atoms. The molecule has 0 bridgehead atoms. The van der Waals surface area contributed by atoms with Crippen molar-refractivity contribution in [2.24, 2.45) is 0 Å². The maximum Gasteiger partial charge on any atom is 0.244 e. The van der Waals surface area contributed by atoms with E-state index in [1.807, 2.05) is 37.3 Å². The number of aromatic nitrogens is 2. The summed E-state index contributed by atoms with van der Waals surface area (Å²) in [7, 11) is 0. The number of nitrogens with one attached hydrogen (secondary N) is 1. The minimum absolute atomic E-state index is 0.165. The summed E-state index contributed by atoms with van der Waals surface area (Å²) < 4.78 is 12.7. The van der Waals surface area contributed by atoms with E-state index in [-0.39, 0.29) is 12.0 Å². The van der Waals surface area contributed by atoms with Gasteiger partial charge < -0.3 is 14.8 Å². The molecule has 1 fully saturated rings. The Bertz CT molecular complexity index is 799. The zero-order chi connectivity index (χ0) is 19.8. The summed E-state index contributed by atoms with van der Waals surface area (Å²) in [4.78, 5) is 12.0. The highest BCUT2D eigenvalue weighted by Gasteiger charge is 2.15. The third-order valence-corrected chi connectivity index (χ3v) is 4.91. The number of halogens is 1. The van der Waals surface area contributed by atoms with Gasteiger partial charge in [0.05, 0.1) is 24.1 Å². The number of carbonyl (C=O) groups is 1. The largest absolute Gasteiger partial charge is 0.379 e. The van der Waals surface area contributed by atoms with Crippen molar-refractivity contribution in [3.05, 3.63) is 52.8 Å². The number of benzene rings is 1. The first-order valence-corrected chi connectivity index (χ1v) is 9.99. The average molecular weight is 404 g/mol. The number of aryl methyl sites for hydroxylation is 1. The first kappa shape index (κ1) is 20.6. The third kappa shape index (κ3) is 5.67. The Balaban J connectivity index is 1.43. The SMILES string of the molecule is Cc1nn(-c2ccccc2)c(Cl)c1C=CC(=O)NCCCOCC1CCCO1. The third-order valence-electron chi connectivity index (χ3n) is 4.54. The summed E-state index contributed by atoms with van der Waals surface area (Å²) in [6, 6.07) is 9.65.